The third-order valence-corrected chi connectivity index (χ3v) is 4.21. The van der Waals surface area contributed by atoms with Gasteiger partial charge in [-0.1, -0.05) is 27.7 Å². The van der Waals surface area contributed by atoms with Crippen molar-refractivity contribution in [2.24, 2.45) is 0 Å². The molecule has 0 saturated heterocycles. The van der Waals surface area contributed by atoms with Crippen molar-refractivity contribution < 1.29 is 9.15 Å². The van der Waals surface area contributed by atoms with Gasteiger partial charge in [0.25, 0.3) is 5.22 Å². The summed E-state index contributed by atoms with van der Waals surface area (Å²) >= 11 is 6.62. The molecule has 0 saturated carbocycles. The van der Waals surface area contributed by atoms with Crippen LogP contribution in [0, 0.1) is 0 Å². The van der Waals surface area contributed by atoms with E-state index in [4.69, 9.17) is 9.15 Å². The second-order valence-electron chi connectivity index (χ2n) is 3.64. The van der Waals surface area contributed by atoms with Crippen LogP contribution >= 0.6 is 39.5 Å². The van der Waals surface area contributed by atoms with E-state index in [1.807, 2.05) is 24.5 Å². The largest absolute Gasteiger partial charge is 0.496 e. The maximum absolute atomic E-state index is 5.52. The predicted octanol–water partition coefficient (Wildman–Crippen LogP) is 4.00. The number of benzene rings is 1. The average Bonchev–Trinajstić information content (AvgIpc) is 2.85. The summed E-state index contributed by atoms with van der Waals surface area (Å²) in [5.74, 6) is 2.99. The molecular formula is C12H13BrN2O2S2. The van der Waals surface area contributed by atoms with Gasteiger partial charge in [-0.2, -0.15) is 11.8 Å². The average molecular weight is 361 g/mol. The molecule has 0 N–H and O–H groups in total. The normalized spacial score (nSPS) is 10.7. The lowest BCUT2D eigenvalue weighted by molar-refractivity contribution is 0.411. The minimum absolute atomic E-state index is 0.589. The minimum Gasteiger partial charge on any atom is -0.496 e. The first kappa shape index (κ1) is 14.7. The van der Waals surface area contributed by atoms with Gasteiger partial charge in [-0.3, -0.25) is 0 Å². The second kappa shape index (κ2) is 7.21. The Morgan fingerprint density at radius 1 is 1.32 bits per heavy atom. The molecule has 0 fully saturated rings. The van der Waals surface area contributed by atoms with E-state index < -0.39 is 0 Å². The molecule has 2 aromatic rings. The van der Waals surface area contributed by atoms with Gasteiger partial charge in [-0.25, -0.2) is 0 Å². The van der Waals surface area contributed by atoms with Gasteiger partial charge in [0.1, 0.15) is 5.75 Å². The van der Waals surface area contributed by atoms with Crippen LogP contribution in [0.4, 0.5) is 0 Å². The predicted molar refractivity (Wildman–Crippen MR) is 81.8 cm³/mol. The van der Waals surface area contributed by atoms with Gasteiger partial charge in [-0.15, -0.1) is 10.2 Å². The monoisotopic (exact) mass is 360 g/mol. The summed E-state index contributed by atoms with van der Waals surface area (Å²) in [6, 6.07) is 5.92. The van der Waals surface area contributed by atoms with Gasteiger partial charge in [0.05, 0.1) is 12.9 Å². The van der Waals surface area contributed by atoms with Gasteiger partial charge in [-0.05, 0) is 24.5 Å². The Balaban J connectivity index is 2.03. The van der Waals surface area contributed by atoms with Gasteiger partial charge in [0.2, 0.25) is 5.89 Å². The Hall–Kier alpha value is -0.660. The summed E-state index contributed by atoms with van der Waals surface area (Å²) < 4.78 is 11.9. The molecule has 1 heterocycles. The van der Waals surface area contributed by atoms with Crippen molar-refractivity contribution in [3.63, 3.8) is 0 Å². The van der Waals surface area contributed by atoms with Crippen molar-refractivity contribution in [2.45, 2.75) is 16.7 Å². The molecule has 0 bridgehead atoms. The highest BCUT2D eigenvalue weighted by Gasteiger charge is 2.09. The second-order valence-corrected chi connectivity index (χ2v) is 6.35. The van der Waals surface area contributed by atoms with E-state index in [1.54, 1.807) is 18.9 Å². The van der Waals surface area contributed by atoms with Gasteiger partial charge < -0.3 is 9.15 Å². The Kier molecular flexibility index (Phi) is 5.59. The number of halogens is 1. The molecule has 0 spiro atoms. The molecular weight excluding hydrogens is 348 g/mol. The zero-order valence-corrected chi connectivity index (χ0v) is 13.8. The first-order valence-corrected chi connectivity index (χ1v) is 8.66. The number of hydrogen-bond acceptors (Lipinski definition) is 6. The van der Waals surface area contributed by atoms with E-state index in [0.29, 0.717) is 11.1 Å². The molecule has 19 heavy (non-hydrogen) atoms. The molecule has 1 aromatic heterocycles. The molecule has 4 nitrogen and oxygen atoms in total. The van der Waals surface area contributed by atoms with Crippen LogP contribution < -0.4 is 4.74 Å². The molecule has 0 atom stereocenters. The zero-order chi connectivity index (χ0) is 13.7. The van der Waals surface area contributed by atoms with Crippen LogP contribution in [0.1, 0.15) is 11.5 Å². The zero-order valence-electron chi connectivity index (χ0n) is 10.6. The molecule has 2 rings (SSSR count). The van der Waals surface area contributed by atoms with Gasteiger partial charge >= 0.3 is 0 Å². The van der Waals surface area contributed by atoms with E-state index >= 15 is 0 Å². The van der Waals surface area contributed by atoms with E-state index in [1.165, 1.54) is 11.8 Å². The van der Waals surface area contributed by atoms with Crippen molar-refractivity contribution in [2.75, 3.05) is 13.4 Å². The lowest BCUT2D eigenvalue weighted by atomic mass is 10.2. The highest BCUT2D eigenvalue weighted by molar-refractivity contribution is 9.10. The Morgan fingerprint density at radius 2 is 2.16 bits per heavy atom. The molecule has 0 radical (unpaired) electrons. The fraction of sp³-hybridized carbons (Fsp3) is 0.333. The first-order valence-electron chi connectivity index (χ1n) is 5.49. The molecule has 0 aliphatic carbocycles. The summed E-state index contributed by atoms with van der Waals surface area (Å²) in [4.78, 5) is 0. The van der Waals surface area contributed by atoms with Crippen LogP contribution in [0.5, 0.6) is 5.75 Å². The van der Waals surface area contributed by atoms with Gasteiger partial charge in [0, 0.05) is 15.8 Å². The van der Waals surface area contributed by atoms with Crippen molar-refractivity contribution >= 4 is 39.5 Å². The lowest BCUT2D eigenvalue weighted by Gasteiger charge is -2.07. The standard InChI is InChI=1S/C12H13BrN2O2S2/c1-16-10-4-3-9(13)5-8(10)6-19-12-15-14-11(17-12)7-18-2/h3-5H,6-7H2,1-2H3. The van der Waals surface area contributed by atoms with Crippen molar-refractivity contribution in [3.05, 3.63) is 34.1 Å². The Labute approximate surface area is 128 Å². The summed E-state index contributed by atoms with van der Waals surface area (Å²) in [7, 11) is 1.67. The number of methoxy groups -OCH3 is 1. The van der Waals surface area contributed by atoms with Gasteiger partial charge in [0.15, 0.2) is 0 Å². The summed E-state index contributed by atoms with van der Waals surface area (Å²) in [5, 5.41) is 8.58. The smallest absolute Gasteiger partial charge is 0.276 e. The quantitative estimate of drug-likeness (QED) is 0.725. The number of rotatable bonds is 6. The van der Waals surface area contributed by atoms with E-state index in [-0.39, 0.29) is 0 Å². The summed E-state index contributed by atoms with van der Waals surface area (Å²) in [6.07, 6.45) is 2.00. The number of nitrogens with zero attached hydrogens (tertiary/aromatic N) is 2. The molecule has 1 aromatic carbocycles. The molecule has 0 unspecified atom stereocenters. The number of aromatic nitrogens is 2. The van der Waals surface area contributed by atoms with Crippen LogP contribution in [0.3, 0.4) is 0 Å². The SMILES string of the molecule is COc1ccc(Br)cc1CSc1nnc(CSC)o1. The topological polar surface area (TPSA) is 48.2 Å². The third kappa shape index (κ3) is 4.15. The van der Waals surface area contributed by atoms with Crippen LogP contribution in [0.15, 0.2) is 32.3 Å². The Morgan fingerprint density at radius 3 is 2.89 bits per heavy atom. The first-order chi connectivity index (χ1) is 9.22. The van der Waals surface area contributed by atoms with E-state index in [9.17, 15) is 0 Å². The van der Waals surface area contributed by atoms with Crippen molar-refractivity contribution in [3.8, 4) is 5.75 Å². The maximum atomic E-state index is 5.52. The summed E-state index contributed by atoms with van der Waals surface area (Å²) in [5.41, 5.74) is 1.09. The molecule has 102 valence electrons. The highest BCUT2D eigenvalue weighted by atomic mass is 79.9. The lowest BCUT2D eigenvalue weighted by Crippen LogP contribution is -1.90. The van der Waals surface area contributed by atoms with Crippen LogP contribution in [0.2, 0.25) is 0 Å². The summed E-state index contributed by atoms with van der Waals surface area (Å²) in [6.45, 7) is 0. The van der Waals surface area contributed by atoms with Crippen LogP contribution in [-0.2, 0) is 11.5 Å². The molecule has 0 aliphatic rings. The Bertz CT molecular complexity index is 548. The molecule has 0 aliphatic heterocycles. The molecule has 0 amide bonds. The number of hydrogen-bond donors (Lipinski definition) is 0. The fourth-order valence-corrected chi connectivity index (χ4v) is 3.01. The number of ether oxygens (including phenoxy) is 1. The van der Waals surface area contributed by atoms with Crippen molar-refractivity contribution in [1.29, 1.82) is 0 Å². The van der Waals surface area contributed by atoms with E-state index in [0.717, 1.165) is 27.3 Å². The highest BCUT2D eigenvalue weighted by Crippen LogP contribution is 2.29. The number of thioether (sulfide) groups is 2. The minimum atomic E-state index is 0.589. The molecule has 7 heteroatoms. The van der Waals surface area contributed by atoms with Crippen LogP contribution in [-0.4, -0.2) is 23.6 Å². The third-order valence-electron chi connectivity index (χ3n) is 2.31. The fourth-order valence-electron chi connectivity index (χ4n) is 1.48. The van der Waals surface area contributed by atoms with Crippen molar-refractivity contribution in [1.82, 2.24) is 10.2 Å². The maximum Gasteiger partial charge on any atom is 0.276 e. The van der Waals surface area contributed by atoms with E-state index in [2.05, 4.69) is 26.1 Å². The van der Waals surface area contributed by atoms with Crippen LogP contribution in [0.25, 0.3) is 0 Å².